The lowest BCUT2D eigenvalue weighted by Gasteiger charge is -2.08. The molecule has 0 aliphatic heterocycles. The highest BCUT2D eigenvalue weighted by atomic mass is 16.5. The number of unbranched alkanes of at least 4 members (excludes halogenated alkanes) is 4. The van der Waals surface area contributed by atoms with Crippen molar-refractivity contribution in [2.24, 2.45) is 0 Å². The first-order chi connectivity index (χ1) is 8.86. The predicted molar refractivity (Wildman–Crippen MR) is 76.5 cm³/mol. The van der Waals surface area contributed by atoms with Gasteiger partial charge in [-0.3, -0.25) is 0 Å². The van der Waals surface area contributed by atoms with Crippen LogP contribution in [-0.4, -0.2) is 13.2 Å². The van der Waals surface area contributed by atoms with E-state index in [1.54, 1.807) is 0 Å². The molecule has 0 amide bonds. The third-order valence-electron chi connectivity index (χ3n) is 2.86. The maximum absolute atomic E-state index is 5.65. The molecule has 0 aliphatic rings. The zero-order valence-electron chi connectivity index (χ0n) is 11.8. The van der Waals surface area contributed by atoms with E-state index < -0.39 is 0 Å². The minimum Gasteiger partial charge on any atom is -0.494 e. The molecule has 0 unspecified atom stereocenters. The van der Waals surface area contributed by atoms with Crippen LogP contribution in [0.4, 0.5) is 0 Å². The molecule has 0 bridgehead atoms. The fourth-order valence-electron chi connectivity index (χ4n) is 1.72. The molecular formula is C16H26O2. The minimum atomic E-state index is 0.810. The summed E-state index contributed by atoms with van der Waals surface area (Å²) in [6.07, 6.45) is 7.19. The second-order valence-corrected chi connectivity index (χ2v) is 4.58. The lowest BCUT2D eigenvalue weighted by Crippen LogP contribution is -1.98. The number of benzene rings is 1. The Balaban J connectivity index is 2.20. The Bertz CT molecular complexity index is 261. The van der Waals surface area contributed by atoms with Crippen molar-refractivity contribution in [1.82, 2.24) is 0 Å². The molecule has 0 saturated carbocycles. The largest absolute Gasteiger partial charge is 0.494 e. The van der Waals surface area contributed by atoms with Crippen LogP contribution in [0, 0.1) is 0 Å². The van der Waals surface area contributed by atoms with Gasteiger partial charge < -0.3 is 9.47 Å². The summed E-state index contributed by atoms with van der Waals surface area (Å²) in [5.74, 6) is 1.87. The van der Waals surface area contributed by atoms with Crippen molar-refractivity contribution in [2.45, 2.75) is 52.4 Å². The predicted octanol–water partition coefficient (Wildman–Crippen LogP) is 4.82. The molecule has 0 saturated heterocycles. The summed E-state index contributed by atoms with van der Waals surface area (Å²) in [7, 11) is 0. The van der Waals surface area contributed by atoms with Gasteiger partial charge in [0.2, 0.25) is 0 Å². The highest BCUT2D eigenvalue weighted by Gasteiger charge is 1.96. The zero-order chi connectivity index (χ0) is 13.1. The average molecular weight is 250 g/mol. The van der Waals surface area contributed by atoms with E-state index in [1.165, 1.54) is 25.7 Å². The monoisotopic (exact) mass is 250 g/mol. The fourth-order valence-corrected chi connectivity index (χ4v) is 1.72. The van der Waals surface area contributed by atoms with Crippen LogP contribution in [0.5, 0.6) is 11.5 Å². The Hall–Kier alpha value is -1.18. The second kappa shape index (κ2) is 9.81. The smallest absolute Gasteiger partial charge is 0.119 e. The number of hydrogen-bond acceptors (Lipinski definition) is 2. The van der Waals surface area contributed by atoms with Crippen LogP contribution >= 0.6 is 0 Å². The van der Waals surface area contributed by atoms with Gasteiger partial charge in [0.25, 0.3) is 0 Å². The van der Waals surface area contributed by atoms with Crippen molar-refractivity contribution >= 4 is 0 Å². The molecule has 18 heavy (non-hydrogen) atoms. The lowest BCUT2D eigenvalue weighted by molar-refractivity contribution is 0.298. The Kier molecular flexibility index (Phi) is 8.11. The topological polar surface area (TPSA) is 18.5 Å². The fraction of sp³-hybridized carbons (Fsp3) is 0.625. The molecule has 0 radical (unpaired) electrons. The maximum atomic E-state index is 5.65. The number of hydrogen-bond donors (Lipinski definition) is 0. The number of ether oxygens (including phenoxy) is 2. The molecule has 0 N–H and O–H groups in total. The Morgan fingerprint density at radius 1 is 0.667 bits per heavy atom. The zero-order valence-corrected chi connectivity index (χ0v) is 11.8. The van der Waals surface area contributed by atoms with Crippen molar-refractivity contribution in [3.63, 3.8) is 0 Å². The van der Waals surface area contributed by atoms with Crippen LogP contribution in [0.2, 0.25) is 0 Å². The van der Waals surface area contributed by atoms with Crippen molar-refractivity contribution < 1.29 is 9.47 Å². The van der Waals surface area contributed by atoms with Gasteiger partial charge >= 0.3 is 0 Å². The molecule has 102 valence electrons. The Morgan fingerprint density at radius 2 is 1.06 bits per heavy atom. The molecule has 0 aliphatic carbocycles. The van der Waals surface area contributed by atoms with Crippen molar-refractivity contribution in [3.05, 3.63) is 24.3 Å². The standard InChI is InChI=1S/C16H26O2/c1-3-5-7-13-17-15-9-11-16(12-10-15)18-14-8-6-4-2/h9-12H,3-8,13-14H2,1-2H3. The van der Waals surface area contributed by atoms with E-state index in [-0.39, 0.29) is 0 Å². The normalized spacial score (nSPS) is 10.3. The third-order valence-corrected chi connectivity index (χ3v) is 2.86. The van der Waals surface area contributed by atoms with Gasteiger partial charge in [0.15, 0.2) is 0 Å². The van der Waals surface area contributed by atoms with E-state index in [0.29, 0.717) is 0 Å². The van der Waals surface area contributed by atoms with E-state index >= 15 is 0 Å². The number of rotatable bonds is 10. The van der Waals surface area contributed by atoms with Gasteiger partial charge in [-0.2, -0.15) is 0 Å². The highest BCUT2D eigenvalue weighted by Crippen LogP contribution is 2.18. The van der Waals surface area contributed by atoms with Gasteiger partial charge in [0, 0.05) is 0 Å². The summed E-state index contributed by atoms with van der Waals surface area (Å²) >= 11 is 0. The molecule has 1 aromatic carbocycles. The maximum Gasteiger partial charge on any atom is 0.119 e. The van der Waals surface area contributed by atoms with Crippen LogP contribution < -0.4 is 9.47 Å². The van der Waals surface area contributed by atoms with Crippen LogP contribution in [0.1, 0.15) is 52.4 Å². The first-order valence-corrected chi connectivity index (χ1v) is 7.22. The summed E-state index contributed by atoms with van der Waals surface area (Å²) in [6, 6.07) is 7.95. The van der Waals surface area contributed by atoms with Gasteiger partial charge in [0.1, 0.15) is 11.5 Å². The van der Waals surface area contributed by atoms with E-state index in [4.69, 9.17) is 9.47 Å². The van der Waals surface area contributed by atoms with Crippen molar-refractivity contribution in [3.8, 4) is 11.5 Å². The summed E-state index contributed by atoms with van der Waals surface area (Å²) in [4.78, 5) is 0. The van der Waals surface area contributed by atoms with Gasteiger partial charge in [-0.05, 0) is 37.1 Å². The molecule has 1 rings (SSSR count). The molecular weight excluding hydrogens is 224 g/mol. The second-order valence-electron chi connectivity index (χ2n) is 4.58. The van der Waals surface area contributed by atoms with Gasteiger partial charge in [-0.1, -0.05) is 39.5 Å². The van der Waals surface area contributed by atoms with Crippen molar-refractivity contribution in [1.29, 1.82) is 0 Å². The average Bonchev–Trinajstić information content (AvgIpc) is 2.41. The minimum absolute atomic E-state index is 0.810. The Morgan fingerprint density at radius 3 is 1.39 bits per heavy atom. The molecule has 2 heteroatoms. The third kappa shape index (κ3) is 6.53. The Labute approximate surface area is 111 Å². The summed E-state index contributed by atoms with van der Waals surface area (Å²) in [5, 5.41) is 0. The van der Waals surface area contributed by atoms with Crippen LogP contribution in [0.3, 0.4) is 0 Å². The summed E-state index contributed by atoms with van der Waals surface area (Å²) < 4.78 is 11.3. The first kappa shape index (κ1) is 14.9. The van der Waals surface area contributed by atoms with Crippen LogP contribution in [0.25, 0.3) is 0 Å². The SMILES string of the molecule is CCCCCOc1ccc(OCCCCC)cc1. The molecule has 0 aromatic heterocycles. The lowest BCUT2D eigenvalue weighted by atomic mass is 10.2. The van der Waals surface area contributed by atoms with E-state index in [1.807, 2.05) is 24.3 Å². The van der Waals surface area contributed by atoms with Gasteiger partial charge in [-0.15, -0.1) is 0 Å². The van der Waals surface area contributed by atoms with Crippen LogP contribution in [0.15, 0.2) is 24.3 Å². The highest BCUT2D eigenvalue weighted by molar-refractivity contribution is 5.31. The first-order valence-electron chi connectivity index (χ1n) is 7.22. The molecule has 0 heterocycles. The van der Waals surface area contributed by atoms with E-state index in [0.717, 1.165) is 37.6 Å². The molecule has 2 nitrogen and oxygen atoms in total. The van der Waals surface area contributed by atoms with Gasteiger partial charge in [-0.25, -0.2) is 0 Å². The molecule has 1 aromatic rings. The summed E-state index contributed by atoms with van der Waals surface area (Å²) in [5.41, 5.74) is 0. The summed E-state index contributed by atoms with van der Waals surface area (Å²) in [6.45, 7) is 6.02. The molecule has 0 atom stereocenters. The van der Waals surface area contributed by atoms with E-state index in [2.05, 4.69) is 13.8 Å². The van der Waals surface area contributed by atoms with Crippen LogP contribution in [-0.2, 0) is 0 Å². The molecule has 0 fully saturated rings. The molecule has 0 spiro atoms. The van der Waals surface area contributed by atoms with Gasteiger partial charge in [0.05, 0.1) is 13.2 Å². The van der Waals surface area contributed by atoms with E-state index in [9.17, 15) is 0 Å². The van der Waals surface area contributed by atoms with Crippen molar-refractivity contribution in [2.75, 3.05) is 13.2 Å². The quantitative estimate of drug-likeness (QED) is 0.554.